The number of alkyl halides is 3. The van der Waals surface area contributed by atoms with Gasteiger partial charge in [0.15, 0.2) is 0 Å². The van der Waals surface area contributed by atoms with Crippen LogP contribution in [0.15, 0.2) is 59.4 Å². The van der Waals surface area contributed by atoms with Crippen LogP contribution in [0.1, 0.15) is 11.1 Å². The van der Waals surface area contributed by atoms with Gasteiger partial charge in [-0.2, -0.15) is 13.2 Å². The van der Waals surface area contributed by atoms with E-state index in [0.717, 1.165) is 5.56 Å². The summed E-state index contributed by atoms with van der Waals surface area (Å²) < 4.78 is 40.0. The number of benzene rings is 2. The van der Waals surface area contributed by atoms with E-state index in [1.165, 1.54) is 12.1 Å². The second kappa shape index (κ2) is 5.96. The van der Waals surface area contributed by atoms with Crippen LogP contribution in [-0.4, -0.2) is 9.97 Å². The summed E-state index contributed by atoms with van der Waals surface area (Å²) in [5.41, 5.74) is -1.17. The number of nitrogens with zero attached hydrogens (tertiary/aromatic N) is 1. The monoisotopic (exact) mass is 330 g/mol. The van der Waals surface area contributed by atoms with E-state index >= 15 is 0 Å². The molecule has 0 spiro atoms. The fourth-order valence-electron chi connectivity index (χ4n) is 2.39. The summed E-state index contributed by atoms with van der Waals surface area (Å²) in [7, 11) is 0. The molecule has 3 rings (SSSR count). The van der Waals surface area contributed by atoms with Crippen LogP contribution in [0, 0.1) is 6.92 Å². The quantitative estimate of drug-likeness (QED) is 0.755. The maximum atomic E-state index is 13.3. The first-order valence-electron chi connectivity index (χ1n) is 7.20. The zero-order chi connectivity index (χ0) is 17.3. The van der Waals surface area contributed by atoms with Crippen molar-refractivity contribution in [1.29, 1.82) is 0 Å². The first-order chi connectivity index (χ1) is 11.4. The van der Waals surface area contributed by atoms with Crippen LogP contribution < -0.4 is 5.56 Å². The lowest BCUT2D eigenvalue weighted by Gasteiger charge is -2.13. The number of aromatic nitrogens is 2. The highest BCUT2D eigenvalue weighted by Crippen LogP contribution is 2.34. The van der Waals surface area contributed by atoms with Crippen LogP contribution in [0.25, 0.3) is 22.6 Å². The van der Waals surface area contributed by atoms with Gasteiger partial charge in [-0.3, -0.25) is 4.79 Å². The molecule has 2 aromatic carbocycles. The van der Waals surface area contributed by atoms with E-state index in [2.05, 4.69) is 9.97 Å². The summed E-state index contributed by atoms with van der Waals surface area (Å²) >= 11 is 0. The molecule has 1 aromatic heterocycles. The number of aromatic amines is 1. The summed E-state index contributed by atoms with van der Waals surface area (Å²) in [4.78, 5) is 18.4. The van der Waals surface area contributed by atoms with Gasteiger partial charge in [0.2, 0.25) is 0 Å². The molecule has 0 fully saturated rings. The van der Waals surface area contributed by atoms with E-state index in [-0.39, 0.29) is 17.1 Å². The molecule has 0 atom stereocenters. The third kappa shape index (κ3) is 3.08. The summed E-state index contributed by atoms with van der Waals surface area (Å²) in [5, 5.41) is 0. The van der Waals surface area contributed by atoms with Crippen molar-refractivity contribution in [2.75, 3.05) is 0 Å². The minimum Gasteiger partial charge on any atom is -0.306 e. The second-order valence-corrected chi connectivity index (χ2v) is 5.37. The van der Waals surface area contributed by atoms with Gasteiger partial charge in [0.1, 0.15) is 11.4 Å². The highest BCUT2D eigenvalue weighted by molar-refractivity contribution is 5.67. The summed E-state index contributed by atoms with van der Waals surface area (Å²) in [5.74, 6) is 0.101. The van der Waals surface area contributed by atoms with E-state index in [0.29, 0.717) is 5.56 Å². The molecule has 0 unspecified atom stereocenters. The number of hydrogen-bond acceptors (Lipinski definition) is 2. The van der Waals surface area contributed by atoms with Gasteiger partial charge in [-0.05, 0) is 6.92 Å². The van der Waals surface area contributed by atoms with Crippen LogP contribution in [0.2, 0.25) is 0 Å². The Bertz CT molecular complexity index is 914. The number of halogens is 3. The molecule has 6 heteroatoms. The van der Waals surface area contributed by atoms with Gasteiger partial charge in [0.05, 0.1) is 5.69 Å². The van der Waals surface area contributed by atoms with Gasteiger partial charge in [0.25, 0.3) is 5.56 Å². The molecule has 0 radical (unpaired) electrons. The van der Waals surface area contributed by atoms with Crippen molar-refractivity contribution >= 4 is 0 Å². The predicted molar refractivity (Wildman–Crippen MR) is 85.5 cm³/mol. The van der Waals surface area contributed by atoms with Gasteiger partial charge >= 0.3 is 6.18 Å². The number of nitrogens with one attached hydrogen (secondary N) is 1. The number of aryl methyl sites for hydroxylation is 1. The van der Waals surface area contributed by atoms with E-state index < -0.39 is 17.3 Å². The summed E-state index contributed by atoms with van der Waals surface area (Å²) in [6.45, 7) is 1.83. The second-order valence-electron chi connectivity index (χ2n) is 5.37. The third-order valence-corrected chi connectivity index (χ3v) is 3.58. The Morgan fingerprint density at radius 2 is 1.54 bits per heavy atom. The molecule has 122 valence electrons. The topological polar surface area (TPSA) is 45.8 Å². The van der Waals surface area contributed by atoms with Crippen molar-refractivity contribution in [3.63, 3.8) is 0 Å². The van der Waals surface area contributed by atoms with Gasteiger partial charge < -0.3 is 4.98 Å². The number of H-pyrrole nitrogens is 1. The average molecular weight is 330 g/mol. The molecule has 0 bridgehead atoms. The zero-order valence-electron chi connectivity index (χ0n) is 12.7. The molecular formula is C18H13F3N2O. The molecule has 0 saturated heterocycles. The third-order valence-electron chi connectivity index (χ3n) is 3.58. The molecular weight excluding hydrogens is 317 g/mol. The highest BCUT2D eigenvalue weighted by Gasteiger charge is 2.38. The van der Waals surface area contributed by atoms with Gasteiger partial charge in [0, 0.05) is 11.1 Å². The Balaban J connectivity index is 2.29. The van der Waals surface area contributed by atoms with E-state index in [1.54, 1.807) is 42.5 Å². The summed E-state index contributed by atoms with van der Waals surface area (Å²) in [6, 6.07) is 15.0. The van der Waals surface area contributed by atoms with Crippen molar-refractivity contribution in [2.45, 2.75) is 13.1 Å². The molecule has 1 heterocycles. The van der Waals surface area contributed by atoms with E-state index in [9.17, 15) is 18.0 Å². The molecule has 0 amide bonds. The first kappa shape index (κ1) is 16.0. The Kier molecular flexibility index (Phi) is 3.97. The van der Waals surface area contributed by atoms with Crippen LogP contribution >= 0.6 is 0 Å². The normalized spacial score (nSPS) is 11.5. The van der Waals surface area contributed by atoms with Crippen molar-refractivity contribution < 1.29 is 13.2 Å². The molecule has 3 nitrogen and oxygen atoms in total. The minimum atomic E-state index is -4.80. The van der Waals surface area contributed by atoms with Crippen molar-refractivity contribution in [3.8, 4) is 22.6 Å². The van der Waals surface area contributed by atoms with Crippen LogP contribution in [0.5, 0.6) is 0 Å². The largest absolute Gasteiger partial charge is 0.423 e. The Hall–Kier alpha value is -2.89. The maximum Gasteiger partial charge on any atom is 0.423 e. The predicted octanol–water partition coefficient (Wildman–Crippen LogP) is 4.43. The average Bonchev–Trinajstić information content (AvgIpc) is 2.54. The lowest BCUT2D eigenvalue weighted by molar-refractivity contribution is -0.138. The molecule has 1 N–H and O–H groups in total. The lowest BCUT2D eigenvalue weighted by Crippen LogP contribution is -2.24. The highest BCUT2D eigenvalue weighted by atomic mass is 19.4. The Labute approximate surface area is 135 Å². The molecule has 0 aliphatic heterocycles. The van der Waals surface area contributed by atoms with Gasteiger partial charge in [-0.25, -0.2) is 4.98 Å². The number of hydrogen-bond donors (Lipinski definition) is 1. The van der Waals surface area contributed by atoms with E-state index in [4.69, 9.17) is 0 Å². The SMILES string of the molecule is Cc1ccc(-c2nc(-c3ccccc3)[nH]c(=O)c2C(F)(F)F)cc1. The fourth-order valence-corrected chi connectivity index (χ4v) is 2.39. The fraction of sp³-hybridized carbons (Fsp3) is 0.111. The van der Waals surface area contributed by atoms with Crippen LogP contribution in [-0.2, 0) is 6.18 Å². The van der Waals surface area contributed by atoms with Crippen molar-refractivity contribution in [1.82, 2.24) is 9.97 Å². The standard InChI is InChI=1S/C18H13F3N2O/c1-11-7-9-12(10-8-11)15-14(18(19,20)21)17(24)23-16(22-15)13-5-3-2-4-6-13/h2-10H,1H3,(H,22,23,24). The van der Waals surface area contributed by atoms with E-state index in [1.807, 2.05) is 6.92 Å². The maximum absolute atomic E-state index is 13.3. The molecule has 0 saturated carbocycles. The van der Waals surface area contributed by atoms with Gasteiger partial charge in [-0.15, -0.1) is 0 Å². The van der Waals surface area contributed by atoms with Crippen molar-refractivity contribution in [3.05, 3.63) is 76.1 Å². The zero-order valence-corrected chi connectivity index (χ0v) is 12.7. The molecule has 3 aromatic rings. The van der Waals surface area contributed by atoms with Crippen molar-refractivity contribution in [2.24, 2.45) is 0 Å². The molecule has 24 heavy (non-hydrogen) atoms. The first-order valence-corrected chi connectivity index (χ1v) is 7.20. The van der Waals surface area contributed by atoms with Crippen LogP contribution in [0.3, 0.4) is 0 Å². The summed E-state index contributed by atoms with van der Waals surface area (Å²) in [6.07, 6.45) is -4.80. The Morgan fingerprint density at radius 3 is 2.12 bits per heavy atom. The van der Waals surface area contributed by atoms with Crippen LogP contribution in [0.4, 0.5) is 13.2 Å². The van der Waals surface area contributed by atoms with Gasteiger partial charge in [-0.1, -0.05) is 60.2 Å². The number of rotatable bonds is 2. The molecule has 0 aliphatic rings. The minimum absolute atomic E-state index is 0.101. The smallest absolute Gasteiger partial charge is 0.306 e. The Morgan fingerprint density at radius 1 is 0.917 bits per heavy atom. The molecule has 0 aliphatic carbocycles. The lowest BCUT2D eigenvalue weighted by atomic mass is 10.0.